The molecule has 0 atom stereocenters. The normalized spacial score (nSPS) is 12.8. The Morgan fingerprint density at radius 3 is 2.68 bits per heavy atom. The number of fused-ring (bicyclic) bond motifs is 1. The molecule has 0 aliphatic carbocycles. The molecule has 1 N–H and O–H groups in total. The van der Waals surface area contributed by atoms with Crippen LogP contribution in [0.2, 0.25) is 0 Å². The topological polar surface area (TPSA) is 41.6 Å². The van der Waals surface area contributed by atoms with E-state index in [0.29, 0.717) is 12.5 Å². The second kappa shape index (κ2) is 11.1. The Bertz CT molecular complexity index is 750. The monoisotopic (exact) mass is 402 g/mol. The van der Waals surface area contributed by atoms with Crippen molar-refractivity contribution in [2.24, 2.45) is 5.92 Å². The summed E-state index contributed by atoms with van der Waals surface area (Å²) in [5.41, 5.74) is 3.66. The fourth-order valence-electron chi connectivity index (χ4n) is 3.37. The van der Waals surface area contributed by atoms with Gasteiger partial charge < -0.3 is 15.0 Å². The van der Waals surface area contributed by atoms with Crippen LogP contribution in [0.15, 0.2) is 48.5 Å². The average molecular weight is 403 g/mol. The van der Waals surface area contributed by atoms with E-state index in [1.54, 1.807) is 0 Å². The summed E-state index contributed by atoms with van der Waals surface area (Å²) in [6.45, 7) is 7.68. The van der Waals surface area contributed by atoms with Crippen molar-refractivity contribution >= 4 is 18.3 Å². The summed E-state index contributed by atoms with van der Waals surface area (Å²) in [5, 5.41) is 3.38. The Kier molecular flexibility index (Phi) is 8.81. The Labute approximate surface area is 174 Å². The summed E-state index contributed by atoms with van der Waals surface area (Å²) in [5.74, 6) is 1.46. The van der Waals surface area contributed by atoms with E-state index in [9.17, 15) is 4.79 Å². The molecule has 2 aromatic rings. The molecular weight excluding hydrogens is 372 g/mol. The SMILES string of the molecule is CC(C)CCN(Cc1ccccc1)C(=O)COc1cccc2c1CCNC2.Cl. The fourth-order valence-corrected chi connectivity index (χ4v) is 3.37. The molecule has 0 radical (unpaired) electrons. The van der Waals surface area contributed by atoms with Crippen LogP contribution in [0.3, 0.4) is 0 Å². The van der Waals surface area contributed by atoms with Gasteiger partial charge in [-0.2, -0.15) is 0 Å². The minimum absolute atomic E-state index is 0. The molecule has 0 aromatic heterocycles. The summed E-state index contributed by atoms with van der Waals surface area (Å²) in [6, 6.07) is 16.3. The Hall–Kier alpha value is -2.04. The van der Waals surface area contributed by atoms with E-state index in [-0.39, 0.29) is 24.9 Å². The highest BCUT2D eigenvalue weighted by Gasteiger charge is 2.18. The maximum Gasteiger partial charge on any atom is 0.260 e. The van der Waals surface area contributed by atoms with Gasteiger partial charge in [0.05, 0.1) is 0 Å². The van der Waals surface area contributed by atoms with Crippen LogP contribution in [0.25, 0.3) is 0 Å². The highest BCUT2D eigenvalue weighted by atomic mass is 35.5. The molecule has 152 valence electrons. The molecule has 2 aromatic carbocycles. The van der Waals surface area contributed by atoms with Gasteiger partial charge in [0.1, 0.15) is 5.75 Å². The lowest BCUT2D eigenvalue weighted by Crippen LogP contribution is -2.36. The van der Waals surface area contributed by atoms with Crippen molar-refractivity contribution in [1.82, 2.24) is 10.2 Å². The summed E-state index contributed by atoms with van der Waals surface area (Å²) >= 11 is 0. The number of rotatable bonds is 8. The predicted octanol–water partition coefficient (Wildman–Crippen LogP) is 4.21. The lowest BCUT2D eigenvalue weighted by Gasteiger charge is -2.25. The summed E-state index contributed by atoms with van der Waals surface area (Å²) in [4.78, 5) is 14.8. The van der Waals surface area contributed by atoms with Crippen LogP contribution in [-0.2, 0) is 24.3 Å². The van der Waals surface area contributed by atoms with Crippen LogP contribution in [0, 0.1) is 5.92 Å². The number of hydrogen-bond acceptors (Lipinski definition) is 3. The van der Waals surface area contributed by atoms with Crippen molar-refractivity contribution in [2.75, 3.05) is 19.7 Å². The van der Waals surface area contributed by atoms with E-state index in [0.717, 1.165) is 43.8 Å². The van der Waals surface area contributed by atoms with Crippen molar-refractivity contribution < 1.29 is 9.53 Å². The number of nitrogens with one attached hydrogen (secondary N) is 1. The van der Waals surface area contributed by atoms with Crippen LogP contribution >= 0.6 is 12.4 Å². The Balaban J connectivity index is 0.00000280. The van der Waals surface area contributed by atoms with Crippen molar-refractivity contribution in [3.63, 3.8) is 0 Å². The molecule has 1 aliphatic heterocycles. The molecule has 0 saturated carbocycles. The first-order valence-corrected chi connectivity index (χ1v) is 9.89. The minimum atomic E-state index is 0. The minimum Gasteiger partial charge on any atom is -0.483 e. The van der Waals surface area contributed by atoms with Gasteiger partial charge in [0, 0.05) is 19.6 Å². The Morgan fingerprint density at radius 2 is 1.93 bits per heavy atom. The van der Waals surface area contributed by atoms with Crippen LogP contribution in [0.4, 0.5) is 0 Å². The third-order valence-electron chi connectivity index (χ3n) is 4.99. The molecule has 1 amide bonds. The van der Waals surface area contributed by atoms with Gasteiger partial charge in [0.15, 0.2) is 6.61 Å². The van der Waals surface area contributed by atoms with Crippen LogP contribution in [-0.4, -0.2) is 30.5 Å². The van der Waals surface area contributed by atoms with Gasteiger partial charge in [-0.15, -0.1) is 12.4 Å². The molecule has 1 heterocycles. The molecular formula is C23H31ClN2O2. The van der Waals surface area contributed by atoms with E-state index < -0.39 is 0 Å². The van der Waals surface area contributed by atoms with Crippen molar-refractivity contribution in [3.05, 3.63) is 65.2 Å². The van der Waals surface area contributed by atoms with Gasteiger partial charge in [0.25, 0.3) is 5.91 Å². The molecule has 3 rings (SSSR count). The molecule has 0 spiro atoms. The summed E-state index contributed by atoms with van der Waals surface area (Å²) in [7, 11) is 0. The van der Waals surface area contributed by atoms with Crippen LogP contribution in [0.5, 0.6) is 5.75 Å². The van der Waals surface area contributed by atoms with Gasteiger partial charge in [-0.25, -0.2) is 0 Å². The lowest BCUT2D eigenvalue weighted by atomic mass is 10.0. The average Bonchev–Trinajstić information content (AvgIpc) is 2.70. The first-order chi connectivity index (χ1) is 13.1. The lowest BCUT2D eigenvalue weighted by molar-refractivity contribution is -0.134. The van der Waals surface area contributed by atoms with Gasteiger partial charge in [-0.1, -0.05) is 56.3 Å². The third kappa shape index (κ3) is 6.25. The molecule has 1 aliphatic rings. The molecule has 5 heteroatoms. The van der Waals surface area contributed by atoms with E-state index in [1.165, 1.54) is 11.1 Å². The number of hydrogen-bond donors (Lipinski definition) is 1. The summed E-state index contributed by atoms with van der Waals surface area (Å²) < 4.78 is 5.97. The van der Waals surface area contributed by atoms with Crippen molar-refractivity contribution in [1.29, 1.82) is 0 Å². The number of benzene rings is 2. The fraction of sp³-hybridized carbons (Fsp3) is 0.435. The number of ether oxygens (including phenoxy) is 1. The molecule has 0 fully saturated rings. The number of carbonyl (C=O) groups is 1. The number of amides is 1. The highest BCUT2D eigenvalue weighted by Crippen LogP contribution is 2.25. The Morgan fingerprint density at radius 1 is 1.14 bits per heavy atom. The molecule has 28 heavy (non-hydrogen) atoms. The van der Waals surface area contributed by atoms with Gasteiger partial charge in [-0.3, -0.25) is 4.79 Å². The highest BCUT2D eigenvalue weighted by molar-refractivity contribution is 5.85. The van der Waals surface area contributed by atoms with Gasteiger partial charge in [0.2, 0.25) is 0 Å². The maximum atomic E-state index is 12.9. The second-order valence-corrected chi connectivity index (χ2v) is 7.59. The predicted molar refractivity (Wildman–Crippen MR) is 116 cm³/mol. The van der Waals surface area contributed by atoms with Crippen molar-refractivity contribution in [3.8, 4) is 5.75 Å². The molecule has 0 bridgehead atoms. The van der Waals surface area contributed by atoms with E-state index >= 15 is 0 Å². The molecule has 4 nitrogen and oxygen atoms in total. The zero-order valence-corrected chi connectivity index (χ0v) is 17.6. The molecule has 0 unspecified atom stereocenters. The summed E-state index contributed by atoms with van der Waals surface area (Å²) in [6.07, 6.45) is 1.94. The van der Waals surface area contributed by atoms with E-state index in [1.807, 2.05) is 35.2 Å². The molecule has 0 saturated heterocycles. The largest absolute Gasteiger partial charge is 0.483 e. The van der Waals surface area contributed by atoms with E-state index in [4.69, 9.17) is 4.74 Å². The van der Waals surface area contributed by atoms with Crippen molar-refractivity contribution in [2.45, 2.75) is 39.8 Å². The zero-order chi connectivity index (χ0) is 19.1. The number of nitrogens with zero attached hydrogens (tertiary/aromatic N) is 1. The smallest absolute Gasteiger partial charge is 0.260 e. The standard InChI is InChI=1S/C23H30N2O2.ClH/c1-18(2)12-14-25(16-19-7-4-3-5-8-19)23(26)17-27-22-10-6-9-20-15-24-13-11-21(20)22;/h3-10,18,24H,11-17H2,1-2H3;1H. The van der Waals surface area contributed by atoms with Gasteiger partial charge >= 0.3 is 0 Å². The second-order valence-electron chi connectivity index (χ2n) is 7.59. The zero-order valence-electron chi connectivity index (χ0n) is 16.8. The maximum absolute atomic E-state index is 12.9. The van der Waals surface area contributed by atoms with Crippen LogP contribution < -0.4 is 10.1 Å². The quantitative estimate of drug-likeness (QED) is 0.719. The van der Waals surface area contributed by atoms with Gasteiger partial charge in [-0.05, 0) is 48.1 Å². The van der Waals surface area contributed by atoms with Crippen LogP contribution in [0.1, 0.15) is 37.0 Å². The number of halogens is 1. The van der Waals surface area contributed by atoms with E-state index in [2.05, 4.69) is 37.4 Å². The first-order valence-electron chi connectivity index (χ1n) is 9.89. The number of carbonyl (C=O) groups excluding carboxylic acids is 1. The third-order valence-corrected chi connectivity index (χ3v) is 4.99. The first kappa shape index (κ1) is 22.3.